The van der Waals surface area contributed by atoms with Crippen LogP contribution >= 0.6 is 0 Å². The average Bonchev–Trinajstić information content (AvgIpc) is 2.62. The molecule has 1 heterocycles. The van der Waals surface area contributed by atoms with Crippen molar-refractivity contribution < 1.29 is 13.9 Å². The molecule has 3 nitrogen and oxygen atoms in total. The number of hydrogen-bond donors (Lipinski definition) is 0. The number of carbonyl (C=O) groups excluding carboxylic acids is 1. The highest BCUT2D eigenvalue weighted by atomic mass is 19.1. The molecule has 1 atom stereocenters. The van der Waals surface area contributed by atoms with Crippen molar-refractivity contribution in [3.63, 3.8) is 0 Å². The van der Waals surface area contributed by atoms with Gasteiger partial charge in [0.2, 0.25) is 5.91 Å². The monoisotopic (exact) mass is 341 g/mol. The van der Waals surface area contributed by atoms with Gasteiger partial charge in [-0.05, 0) is 17.0 Å². The van der Waals surface area contributed by atoms with E-state index in [2.05, 4.69) is 26.0 Å². The highest BCUT2D eigenvalue weighted by Gasteiger charge is 2.31. The van der Waals surface area contributed by atoms with Crippen LogP contribution < -0.4 is 0 Å². The summed E-state index contributed by atoms with van der Waals surface area (Å²) in [6.07, 6.45) is 0.0137. The van der Waals surface area contributed by atoms with E-state index in [1.165, 1.54) is 6.07 Å². The van der Waals surface area contributed by atoms with Gasteiger partial charge in [-0.2, -0.15) is 0 Å². The van der Waals surface area contributed by atoms with Gasteiger partial charge in [0, 0.05) is 18.5 Å². The summed E-state index contributed by atoms with van der Waals surface area (Å²) in [4.78, 5) is 14.6. The summed E-state index contributed by atoms with van der Waals surface area (Å²) in [5, 5.41) is 0. The first-order chi connectivity index (χ1) is 12.0. The lowest BCUT2D eigenvalue weighted by Gasteiger charge is -2.35. The van der Waals surface area contributed by atoms with Gasteiger partial charge in [0.15, 0.2) is 0 Å². The van der Waals surface area contributed by atoms with Crippen LogP contribution in [0.2, 0.25) is 0 Å². The number of morpholine rings is 1. The molecule has 0 saturated carbocycles. The summed E-state index contributed by atoms with van der Waals surface area (Å²) in [7, 11) is 0. The lowest BCUT2D eigenvalue weighted by molar-refractivity contribution is -0.140. The molecule has 1 aliphatic rings. The first kappa shape index (κ1) is 17.6. The van der Waals surface area contributed by atoms with Gasteiger partial charge in [-0.1, -0.05) is 62.4 Å². The summed E-state index contributed by atoms with van der Waals surface area (Å²) in [5.41, 5.74) is 1.41. The highest BCUT2D eigenvalue weighted by Crippen LogP contribution is 2.30. The van der Waals surface area contributed by atoms with E-state index in [0.29, 0.717) is 31.7 Å². The fraction of sp³-hybridized carbons (Fsp3) is 0.381. The van der Waals surface area contributed by atoms with Crippen LogP contribution in [0.5, 0.6) is 0 Å². The van der Waals surface area contributed by atoms with Crippen molar-refractivity contribution in [2.45, 2.75) is 31.8 Å². The zero-order valence-electron chi connectivity index (χ0n) is 14.7. The molecule has 1 saturated heterocycles. The number of nitrogens with zero attached hydrogens (tertiary/aromatic N) is 1. The summed E-state index contributed by atoms with van der Waals surface area (Å²) >= 11 is 0. The fourth-order valence-electron chi connectivity index (χ4n) is 3.28. The number of halogens is 1. The smallest absolute Gasteiger partial charge is 0.223 e. The molecule has 25 heavy (non-hydrogen) atoms. The Labute approximate surface area is 148 Å². The van der Waals surface area contributed by atoms with Crippen molar-refractivity contribution >= 4 is 5.91 Å². The van der Waals surface area contributed by atoms with Crippen LogP contribution in [0.4, 0.5) is 4.39 Å². The van der Waals surface area contributed by atoms with Crippen LogP contribution in [-0.2, 0) is 14.9 Å². The molecule has 0 bridgehead atoms. The molecule has 132 valence electrons. The third-order valence-electron chi connectivity index (χ3n) is 4.82. The standard InChI is InChI=1S/C21H24FNO2/c1-21(2,16-8-4-3-5-9-16)14-20(24)23-12-13-25-19(15-23)17-10-6-7-11-18(17)22/h3-11,19H,12-15H2,1-2H3. The second kappa shape index (κ2) is 7.36. The molecule has 0 N–H and O–H groups in total. The van der Waals surface area contributed by atoms with E-state index in [9.17, 15) is 9.18 Å². The molecule has 0 aromatic heterocycles. The number of amides is 1. The van der Waals surface area contributed by atoms with E-state index >= 15 is 0 Å². The normalized spacial score (nSPS) is 18.2. The topological polar surface area (TPSA) is 29.5 Å². The van der Waals surface area contributed by atoms with Gasteiger partial charge in [-0.3, -0.25) is 4.79 Å². The Morgan fingerprint density at radius 2 is 1.84 bits per heavy atom. The first-order valence-corrected chi connectivity index (χ1v) is 8.67. The van der Waals surface area contributed by atoms with Crippen LogP contribution in [0.25, 0.3) is 0 Å². The third kappa shape index (κ3) is 4.07. The Morgan fingerprint density at radius 1 is 1.16 bits per heavy atom. The van der Waals surface area contributed by atoms with E-state index < -0.39 is 6.10 Å². The van der Waals surface area contributed by atoms with Gasteiger partial charge in [-0.15, -0.1) is 0 Å². The molecular formula is C21H24FNO2. The van der Waals surface area contributed by atoms with Crippen LogP contribution in [-0.4, -0.2) is 30.5 Å². The Balaban J connectivity index is 1.69. The Bertz CT molecular complexity index is 730. The Kier molecular flexibility index (Phi) is 5.19. The molecular weight excluding hydrogens is 317 g/mol. The average molecular weight is 341 g/mol. The van der Waals surface area contributed by atoms with Crippen molar-refractivity contribution in [3.8, 4) is 0 Å². The summed E-state index contributed by atoms with van der Waals surface area (Å²) in [6.45, 7) is 5.53. The fourth-order valence-corrected chi connectivity index (χ4v) is 3.28. The number of benzene rings is 2. The second-order valence-electron chi connectivity index (χ2n) is 7.15. The van der Waals surface area contributed by atoms with Gasteiger partial charge in [0.1, 0.15) is 11.9 Å². The van der Waals surface area contributed by atoms with Crippen molar-refractivity contribution in [3.05, 3.63) is 71.5 Å². The largest absolute Gasteiger partial charge is 0.370 e. The summed E-state index contributed by atoms with van der Waals surface area (Å²) in [6, 6.07) is 16.7. The summed E-state index contributed by atoms with van der Waals surface area (Å²) < 4.78 is 19.7. The summed E-state index contributed by atoms with van der Waals surface area (Å²) in [5.74, 6) is -0.204. The maximum absolute atomic E-state index is 14.0. The maximum Gasteiger partial charge on any atom is 0.223 e. The molecule has 1 fully saturated rings. The molecule has 1 aliphatic heterocycles. The van der Waals surface area contributed by atoms with Crippen molar-refractivity contribution in [2.24, 2.45) is 0 Å². The Morgan fingerprint density at radius 3 is 2.56 bits per heavy atom. The first-order valence-electron chi connectivity index (χ1n) is 8.67. The van der Waals surface area contributed by atoms with E-state index in [4.69, 9.17) is 4.74 Å². The maximum atomic E-state index is 14.0. The quantitative estimate of drug-likeness (QED) is 0.838. The second-order valence-corrected chi connectivity index (χ2v) is 7.15. The zero-order chi connectivity index (χ0) is 17.9. The van der Waals surface area contributed by atoms with E-state index in [0.717, 1.165) is 5.56 Å². The van der Waals surface area contributed by atoms with E-state index in [-0.39, 0.29) is 17.1 Å². The van der Waals surface area contributed by atoms with Crippen molar-refractivity contribution in [1.82, 2.24) is 4.90 Å². The molecule has 1 amide bonds. The molecule has 0 spiro atoms. The van der Waals surface area contributed by atoms with E-state index in [1.807, 2.05) is 18.2 Å². The van der Waals surface area contributed by atoms with Crippen molar-refractivity contribution in [2.75, 3.05) is 19.7 Å². The number of ether oxygens (including phenoxy) is 1. The van der Waals surface area contributed by atoms with Crippen LogP contribution in [0.1, 0.15) is 37.5 Å². The predicted octanol–water partition coefficient (Wildman–Crippen LogP) is 4.09. The molecule has 0 aliphatic carbocycles. The van der Waals surface area contributed by atoms with Crippen molar-refractivity contribution in [1.29, 1.82) is 0 Å². The van der Waals surface area contributed by atoms with Crippen LogP contribution in [0.15, 0.2) is 54.6 Å². The van der Waals surface area contributed by atoms with Gasteiger partial charge in [-0.25, -0.2) is 4.39 Å². The molecule has 3 rings (SSSR count). The number of rotatable bonds is 4. The minimum Gasteiger partial charge on any atom is -0.370 e. The lowest BCUT2D eigenvalue weighted by Crippen LogP contribution is -2.44. The SMILES string of the molecule is CC(C)(CC(=O)N1CCOC(c2ccccc2F)C1)c1ccccc1. The Hall–Kier alpha value is -2.20. The van der Waals surface area contributed by atoms with Gasteiger partial charge in [0.05, 0.1) is 13.2 Å². The lowest BCUT2D eigenvalue weighted by atomic mass is 9.81. The minimum absolute atomic E-state index is 0.0819. The van der Waals surface area contributed by atoms with E-state index in [1.54, 1.807) is 23.1 Å². The minimum atomic E-state index is -0.404. The van der Waals surface area contributed by atoms with Gasteiger partial charge in [0.25, 0.3) is 0 Å². The molecule has 0 radical (unpaired) electrons. The van der Waals surface area contributed by atoms with Crippen LogP contribution in [0.3, 0.4) is 0 Å². The van der Waals surface area contributed by atoms with Gasteiger partial charge < -0.3 is 9.64 Å². The number of hydrogen-bond acceptors (Lipinski definition) is 2. The molecule has 4 heteroatoms. The van der Waals surface area contributed by atoms with Gasteiger partial charge >= 0.3 is 0 Å². The van der Waals surface area contributed by atoms with Crippen LogP contribution in [0, 0.1) is 5.82 Å². The third-order valence-corrected chi connectivity index (χ3v) is 4.82. The number of carbonyl (C=O) groups is 1. The predicted molar refractivity (Wildman–Crippen MR) is 95.8 cm³/mol. The zero-order valence-corrected chi connectivity index (χ0v) is 14.7. The highest BCUT2D eigenvalue weighted by molar-refractivity contribution is 5.78. The molecule has 1 unspecified atom stereocenters. The molecule has 2 aromatic carbocycles. The molecule has 2 aromatic rings.